The minimum atomic E-state index is -0.0327. The Bertz CT molecular complexity index is 1710. The van der Waals surface area contributed by atoms with Gasteiger partial charge < -0.3 is 10.2 Å². The molecule has 4 rings (SSSR count). The van der Waals surface area contributed by atoms with Crippen molar-refractivity contribution in [1.29, 1.82) is 0 Å². The van der Waals surface area contributed by atoms with Gasteiger partial charge in [-0.25, -0.2) is 0 Å². The number of nitrogens with zero attached hydrogens (tertiary/aromatic N) is 2. The third-order valence-electron chi connectivity index (χ3n) is 9.92. The molecule has 0 radical (unpaired) electrons. The van der Waals surface area contributed by atoms with Crippen LogP contribution in [-0.2, 0) is 55.0 Å². The van der Waals surface area contributed by atoms with Gasteiger partial charge in [-0.3, -0.25) is 9.98 Å². The van der Waals surface area contributed by atoms with Crippen LogP contribution in [0, 0.1) is 0 Å². The summed E-state index contributed by atoms with van der Waals surface area (Å²) in [5.41, 5.74) is 11.4. The number of benzene rings is 4. The number of aryl methyl sites for hydroxylation is 6. The summed E-state index contributed by atoms with van der Waals surface area (Å²) in [6, 6.07) is 21.1. The molecule has 52 heavy (non-hydrogen) atoms. The average molecular weight is 750 g/mol. The molecule has 0 bridgehead atoms. The Labute approximate surface area is 326 Å². The summed E-state index contributed by atoms with van der Waals surface area (Å²) in [7, 11) is 0. The van der Waals surface area contributed by atoms with E-state index < -0.39 is 0 Å². The predicted molar refractivity (Wildman–Crippen MR) is 224 cm³/mol. The van der Waals surface area contributed by atoms with Crippen LogP contribution >= 0.6 is 0 Å². The first-order valence-corrected chi connectivity index (χ1v) is 20.1. The van der Waals surface area contributed by atoms with Gasteiger partial charge in [0.15, 0.2) is 11.5 Å². The summed E-state index contributed by atoms with van der Waals surface area (Å²) in [4.78, 5) is 9.81. The van der Waals surface area contributed by atoms with Crippen molar-refractivity contribution in [2.45, 2.75) is 151 Å². The number of aliphatic imine (C=N–C) groups is 2. The van der Waals surface area contributed by atoms with E-state index in [1.807, 2.05) is 18.3 Å². The third kappa shape index (κ3) is 13.8. The second-order valence-electron chi connectivity index (χ2n) is 13.8. The van der Waals surface area contributed by atoms with E-state index in [9.17, 15) is 10.2 Å². The normalized spacial score (nSPS) is 11.5. The van der Waals surface area contributed by atoms with Crippen LogP contribution in [0.15, 0.2) is 70.6 Å². The molecule has 0 atom stereocenters. The molecule has 0 aliphatic heterocycles. The van der Waals surface area contributed by atoms with Gasteiger partial charge in [0.1, 0.15) is 0 Å². The summed E-state index contributed by atoms with van der Waals surface area (Å²) in [5, 5.41) is 21.8. The number of phenolic OH excluding ortho intramolecular Hbond substituents is 2. The quantitative estimate of drug-likeness (QED) is 0.0434. The maximum absolute atomic E-state index is 10.2. The first-order valence-electron chi connectivity index (χ1n) is 20.1. The molecule has 0 aliphatic carbocycles. The smallest absolute Gasteiger partial charge is 0.165 e. The molecule has 0 aliphatic rings. The number of fused-ring (bicyclic) bond motifs is 1. The van der Waals surface area contributed by atoms with Crippen LogP contribution < -0.4 is 0 Å². The number of hydrogen-bond acceptors (Lipinski definition) is 4. The van der Waals surface area contributed by atoms with Crippen molar-refractivity contribution >= 4 is 34.1 Å². The maximum atomic E-state index is 10.2. The number of aromatic hydroxyl groups is 2. The average Bonchev–Trinajstić information content (AvgIpc) is 3.16. The van der Waals surface area contributed by atoms with E-state index in [4.69, 9.17) is 9.98 Å². The van der Waals surface area contributed by atoms with Gasteiger partial charge in [0.05, 0.1) is 17.1 Å². The first-order chi connectivity index (χ1) is 24.8. The molecule has 0 spiro atoms. The minimum Gasteiger partial charge on any atom is -0.504 e. The Morgan fingerprint density at radius 1 is 0.538 bits per heavy atom. The number of hydrogen-bond donors (Lipinski definition) is 2. The number of phenols is 2. The van der Waals surface area contributed by atoms with Gasteiger partial charge in [-0.1, -0.05) is 111 Å². The molecule has 0 saturated carbocycles. The molecular weight excluding hydrogens is 683 g/mol. The molecule has 4 nitrogen and oxygen atoms in total. The zero-order valence-electron chi connectivity index (χ0n) is 33.3. The molecule has 2 N–H and O–H groups in total. The summed E-state index contributed by atoms with van der Waals surface area (Å²) in [6.07, 6.45) is 20.2. The minimum absolute atomic E-state index is 0. The van der Waals surface area contributed by atoms with Crippen molar-refractivity contribution in [3.05, 3.63) is 94.0 Å². The molecule has 4 aromatic carbocycles. The second kappa shape index (κ2) is 24.7. The Morgan fingerprint density at radius 2 is 1.13 bits per heavy atom. The van der Waals surface area contributed by atoms with Gasteiger partial charge in [0.2, 0.25) is 0 Å². The van der Waals surface area contributed by atoms with Gasteiger partial charge in [-0.05, 0) is 139 Å². The summed E-state index contributed by atoms with van der Waals surface area (Å²) >= 11 is 0. The molecule has 0 fully saturated rings. The molecule has 4 aromatic rings. The maximum Gasteiger partial charge on any atom is 0.165 e. The number of unbranched alkanes of at least 4 members (excludes halogenated alkanes) is 6. The molecule has 0 amide bonds. The van der Waals surface area contributed by atoms with Crippen LogP contribution in [0.25, 0.3) is 10.8 Å². The molecular formula is C47H66N2NiO2. The van der Waals surface area contributed by atoms with Crippen LogP contribution in [0.5, 0.6) is 11.5 Å². The fourth-order valence-corrected chi connectivity index (χ4v) is 6.77. The third-order valence-corrected chi connectivity index (χ3v) is 9.92. The Morgan fingerprint density at radius 3 is 1.75 bits per heavy atom. The van der Waals surface area contributed by atoms with Crippen LogP contribution in [0.2, 0.25) is 0 Å². The molecule has 0 heterocycles. The molecule has 0 saturated heterocycles. The SMILES string of the molecule is CCCCCCC(C=Nc1ccc(CC)c(CC)c1)=Nc1ccc(CC)c(CC)c1.CCCCCc1cc(CCCC)cc2c(O)c(O)ccc12.[Ni]. The Balaban J connectivity index is 0.000000374. The van der Waals surface area contributed by atoms with Crippen molar-refractivity contribution in [2.75, 3.05) is 0 Å². The van der Waals surface area contributed by atoms with E-state index in [2.05, 4.69) is 90.9 Å². The van der Waals surface area contributed by atoms with Crippen LogP contribution in [0.3, 0.4) is 0 Å². The van der Waals surface area contributed by atoms with Crippen LogP contribution in [0.4, 0.5) is 11.4 Å². The van der Waals surface area contributed by atoms with Crippen molar-refractivity contribution in [3.8, 4) is 11.5 Å². The Hall–Kier alpha value is -3.43. The number of rotatable bonds is 19. The van der Waals surface area contributed by atoms with Gasteiger partial charge in [-0.2, -0.15) is 0 Å². The van der Waals surface area contributed by atoms with E-state index in [1.54, 1.807) is 6.07 Å². The zero-order valence-corrected chi connectivity index (χ0v) is 34.3. The summed E-state index contributed by atoms with van der Waals surface area (Å²) in [6.45, 7) is 15.5. The van der Waals surface area contributed by atoms with E-state index in [-0.39, 0.29) is 28.0 Å². The first kappa shape index (κ1) is 44.7. The van der Waals surface area contributed by atoms with Crippen LogP contribution in [-0.4, -0.2) is 22.1 Å². The molecule has 0 unspecified atom stereocenters. The fraction of sp³-hybridized carbons (Fsp3) is 0.489. The fourth-order valence-electron chi connectivity index (χ4n) is 6.77. The standard InChI is InChI=1S/C28H40N2.C19H26O2.Ni/c1-6-11-12-13-14-28(30-27-18-16-23(8-3)25(10-5)20-27)21-29-26-17-15-22(7-2)24(9-4)19-26;1-3-5-7-9-15-12-14(8-6-4-2)13-17-16(15)10-11-18(20)19(17)21;/h15-21H,6-14H2,1-5H3;10-13,20-21H,3-9H2,1-2H3;. The summed E-state index contributed by atoms with van der Waals surface area (Å²) < 4.78 is 0. The van der Waals surface area contributed by atoms with E-state index in [0.717, 1.165) is 85.6 Å². The van der Waals surface area contributed by atoms with Gasteiger partial charge in [-0.15, -0.1) is 0 Å². The molecule has 0 aromatic heterocycles. The van der Waals surface area contributed by atoms with Gasteiger partial charge in [0, 0.05) is 28.1 Å². The van der Waals surface area contributed by atoms with Gasteiger partial charge >= 0.3 is 0 Å². The van der Waals surface area contributed by atoms with Crippen molar-refractivity contribution in [1.82, 2.24) is 0 Å². The topological polar surface area (TPSA) is 65.2 Å². The van der Waals surface area contributed by atoms with Crippen LogP contribution in [0.1, 0.15) is 146 Å². The van der Waals surface area contributed by atoms with E-state index in [0.29, 0.717) is 0 Å². The van der Waals surface area contributed by atoms with Crippen molar-refractivity contribution in [2.24, 2.45) is 9.98 Å². The monoisotopic (exact) mass is 748 g/mol. The van der Waals surface area contributed by atoms with Crippen molar-refractivity contribution in [3.63, 3.8) is 0 Å². The zero-order chi connectivity index (χ0) is 37.0. The second-order valence-corrected chi connectivity index (χ2v) is 13.8. The molecule has 286 valence electrons. The van der Waals surface area contributed by atoms with E-state index >= 15 is 0 Å². The predicted octanol–water partition coefficient (Wildman–Crippen LogP) is 13.7. The van der Waals surface area contributed by atoms with E-state index in [1.165, 1.54) is 78.3 Å². The summed E-state index contributed by atoms with van der Waals surface area (Å²) in [5.74, 6) is -0.0164. The largest absolute Gasteiger partial charge is 0.504 e. The van der Waals surface area contributed by atoms with Gasteiger partial charge in [0.25, 0.3) is 0 Å². The Kier molecular flexibility index (Phi) is 21.3. The van der Waals surface area contributed by atoms with Crippen molar-refractivity contribution < 1.29 is 26.7 Å². The molecule has 5 heteroatoms.